The zero-order chi connectivity index (χ0) is 38.8. The molecule has 17 heteroatoms. The lowest BCUT2D eigenvalue weighted by Gasteiger charge is -2.45. The summed E-state index contributed by atoms with van der Waals surface area (Å²) < 4.78 is 44.8. The van der Waals surface area contributed by atoms with Gasteiger partial charge in [0.15, 0.2) is 17.6 Å². The number of aliphatic carboxylic acids is 1. The van der Waals surface area contributed by atoms with E-state index in [1.807, 2.05) is 41.4 Å². The number of fused-ring (bicyclic) bond motifs is 7. The largest absolute Gasteiger partial charge is 0.493 e. The number of carboxylic acids is 1. The zero-order valence-corrected chi connectivity index (χ0v) is 30.1. The lowest BCUT2D eigenvalue weighted by atomic mass is 9.73. The molecule has 2 fully saturated rings. The van der Waals surface area contributed by atoms with Gasteiger partial charge in [0.25, 0.3) is 0 Å². The number of benzene rings is 2. The number of ether oxygens (including phenoxy) is 7. The van der Waals surface area contributed by atoms with Crippen LogP contribution in [0.4, 0.5) is 0 Å². The maximum atomic E-state index is 12.3. The monoisotopic (exact) mass is 764 g/mol. The van der Waals surface area contributed by atoms with Gasteiger partial charge in [-0.15, -0.1) is 0 Å². The SMILES string of the molecule is COc1ccc2c(c1OC)O[C@H]1c3c(Cn4cc5cc[nH]c5c4)cc(O[C@@H]4O[C@H]([C@H](OC(=O)CC(=O)O)C(N)N)[C@@H](O)[C@H](O)[C@H]4O)cc3OC3(CCCC3)[C@@H]21. The maximum absolute atomic E-state index is 12.3. The number of esters is 1. The number of rotatable bonds is 11. The molecule has 8 rings (SSSR count). The first kappa shape index (κ1) is 36.9. The van der Waals surface area contributed by atoms with Crippen molar-refractivity contribution in [1.82, 2.24) is 9.55 Å². The van der Waals surface area contributed by atoms with Gasteiger partial charge in [0.2, 0.25) is 12.0 Å². The molecule has 1 aliphatic carbocycles. The molecule has 1 saturated heterocycles. The second kappa shape index (κ2) is 14.2. The van der Waals surface area contributed by atoms with Crippen LogP contribution in [0.2, 0.25) is 0 Å². The van der Waals surface area contributed by atoms with E-state index in [2.05, 4.69) is 4.98 Å². The quantitative estimate of drug-likeness (QED) is 0.0653. The number of aromatic nitrogens is 2. The van der Waals surface area contributed by atoms with Crippen molar-refractivity contribution in [1.29, 1.82) is 0 Å². The number of nitrogens with zero attached hydrogens (tertiary/aromatic N) is 1. The molecular weight excluding hydrogens is 720 g/mol. The normalized spacial score (nSPS) is 26.8. The number of nitrogens with two attached hydrogens (primary N) is 2. The summed E-state index contributed by atoms with van der Waals surface area (Å²) in [7, 11) is 3.15. The Morgan fingerprint density at radius 2 is 1.82 bits per heavy atom. The molecule has 1 saturated carbocycles. The van der Waals surface area contributed by atoms with Crippen molar-refractivity contribution in [3.63, 3.8) is 0 Å². The number of carbonyl (C=O) groups is 2. The number of H-pyrrole nitrogens is 1. The third-order valence-electron chi connectivity index (χ3n) is 11.1. The van der Waals surface area contributed by atoms with Gasteiger partial charge in [0, 0.05) is 47.7 Å². The minimum atomic E-state index is -1.86. The number of methoxy groups -OCH3 is 2. The summed E-state index contributed by atoms with van der Waals surface area (Å²) in [6.45, 7) is 0.351. The second-order valence-electron chi connectivity index (χ2n) is 14.5. The molecule has 1 spiro atoms. The minimum Gasteiger partial charge on any atom is -0.493 e. The molecule has 294 valence electrons. The second-order valence-corrected chi connectivity index (χ2v) is 14.5. The molecule has 0 bridgehead atoms. The molecule has 0 radical (unpaired) electrons. The van der Waals surface area contributed by atoms with Crippen LogP contribution in [0.15, 0.2) is 48.9 Å². The predicted molar refractivity (Wildman–Crippen MR) is 191 cm³/mol. The number of aromatic amines is 1. The lowest BCUT2D eigenvalue weighted by Crippen LogP contribution is -2.66. The fourth-order valence-corrected chi connectivity index (χ4v) is 8.70. The number of carboxylic acid groups (broad SMARTS) is 1. The predicted octanol–water partition coefficient (Wildman–Crippen LogP) is 1.77. The molecule has 8 atom stereocenters. The van der Waals surface area contributed by atoms with Crippen LogP contribution in [-0.2, 0) is 25.6 Å². The number of carbonyl (C=O) groups excluding carboxylic acids is 1. The molecule has 2 aromatic carbocycles. The van der Waals surface area contributed by atoms with E-state index in [0.717, 1.165) is 53.3 Å². The van der Waals surface area contributed by atoms with E-state index in [9.17, 15) is 24.9 Å². The Balaban J connectivity index is 1.19. The summed E-state index contributed by atoms with van der Waals surface area (Å²) in [5, 5.41) is 43.0. The zero-order valence-electron chi connectivity index (χ0n) is 30.1. The van der Waals surface area contributed by atoms with Crippen molar-refractivity contribution < 1.29 is 63.2 Å². The van der Waals surface area contributed by atoms with Gasteiger partial charge in [-0.3, -0.25) is 9.59 Å². The van der Waals surface area contributed by atoms with Crippen molar-refractivity contribution in [3.05, 3.63) is 65.6 Å². The van der Waals surface area contributed by atoms with Crippen LogP contribution in [0.3, 0.4) is 0 Å². The molecule has 3 aliphatic heterocycles. The van der Waals surface area contributed by atoms with Crippen LogP contribution in [0, 0.1) is 0 Å². The summed E-state index contributed by atoms with van der Waals surface area (Å²) in [4.78, 5) is 26.6. The molecule has 55 heavy (non-hydrogen) atoms. The number of aliphatic hydroxyl groups is 3. The summed E-state index contributed by atoms with van der Waals surface area (Å²) in [6, 6.07) is 9.31. The summed E-state index contributed by atoms with van der Waals surface area (Å²) in [5.41, 5.74) is 14.6. The maximum Gasteiger partial charge on any atom is 0.317 e. The highest BCUT2D eigenvalue weighted by atomic mass is 16.7. The van der Waals surface area contributed by atoms with Crippen molar-refractivity contribution in [2.75, 3.05) is 14.2 Å². The first-order chi connectivity index (χ1) is 26.4. The Kier molecular flexibility index (Phi) is 9.55. The van der Waals surface area contributed by atoms with Crippen LogP contribution in [-0.4, -0.2) is 105 Å². The summed E-state index contributed by atoms with van der Waals surface area (Å²) in [6.07, 6.45) is -4.05. The molecule has 17 nitrogen and oxygen atoms in total. The van der Waals surface area contributed by atoms with Gasteiger partial charge in [0.1, 0.15) is 54.0 Å². The van der Waals surface area contributed by atoms with Crippen LogP contribution in [0.25, 0.3) is 10.9 Å². The highest BCUT2D eigenvalue weighted by Crippen LogP contribution is 2.64. The smallest absolute Gasteiger partial charge is 0.317 e. The highest BCUT2D eigenvalue weighted by molar-refractivity contribution is 5.90. The van der Waals surface area contributed by atoms with Crippen LogP contribution >= 0.6 is 0 Å². The summed E-state index contributed by atoms with van der Waals surface area (Å²) >= 11 is 0. The van der Waals surface area contributed by atoms with E-state index in [-0.39, 0.29) is 11.7 Å². The van der Waals surface area contributed by atoms with E-state index < -0.39 is 73.0 Å². The lowest BCUT2D eigenvalue weighted by molar-refractivity contribution is -0.291. The van der Waals surface area contributed by atoms with E-state index in [1.165, 1.54) is 0 Å². The van der Waals surface area contributed by atoms with Gasteiger partial charge in [0.05, 0.1) is 31.8 Å². The topological polar surface area (TPSA) is 252 Å². The van der Waals surface area contributed by atoms with Crippen molar-refractivity contribution in [2.24, 2.45) is 11.5 Å². The van der Waals surface area contributed by atoms with Gasteiger partial charge >= 0.3 is 11.9 Å². The van der Waals surface area contributed by atoms with Gasteiger partial charge < -0.3 is 74.6 Å². The molecule has 9 N–H and O–H groups in total. The van der Waals surface area contributed by atoms with Crippen LogP contribution in [0.1, 0.15) is 60.8 Å². The van der Waals surface area contributed by atoms with Crippen molar-refractivity contribution >= 4 is 22.8 Å². The highest BCUT2D eigenvalue weighted by Gasteiger charge is 2.58. The average Bonchev–Trinajstić information content (AvgIpc) is 3.94. The Morgan fingerprint density at radius 1 is 1.04 bits per heavy atom. The molecule has 4 aromatic rings. The summed E-state index contributed by atoms with van der Waals surface area (Å²) in [5.74, 6) is -0.521. The minimum absolute atomic E-state index is 0.177. The van der Waals surface area contributed by atoms with Gasteiger partial charge in [-0.05, 0) is 49.4 Å². The number of hydrogen-bond donors (Lipinski definition) is 7. The van der Waals surface area contributed by atoms with Gasteiger partial charge in [-0.2, -0.15) is 0 Å². The average molecular weight is 765 g/mol. The van der Waals surface area contributed by atoms with Crippen LogP contribution < -0.4 is 35.2 Å². The molecule has 5 heterocycles. The van der Waals surface area contributed by atoms with E-state index >= 15 is 0 Å². The standard InChI is InChI=1S/C38H44N4O13/c1-49-22-6-5-20-27-33(53-31(20)32(22)50-2)26-18(15-42-14-17-7-10-41-21(17)16-42)11-19(12-23(26)55-38(27)8-3-4-9-38)51-37-30(48)28(46)29(47)34(54-37)35(36(39)40)52-25(45)13-24(43)44/h5-7,10-12,14,16,27-30,33-37,41,46-48H,3-4,8-9,13,15,39-40H2,1-2H3,(H,43,44)/t27-,28-,29-,30+,33-,34-,35-,37+/m0/s1. The molecule has 4 aliphatic rings. The van der Waals surface area contributed by atoms with Crippen molar-refractivity contribution in [2.45, 2.75) is 99.2 Å². The van der Waals surface area contributed by atoms with Gasteiger partial charge in [-0.1, -0.05) is 6.07 Å². The Labute approximate surface area is 314 Å². The first-order valence-corrected chi connectivity index (χ1v) is 18.1. The van der Waals surface area contributed by atoms with E-state index in [4.69, 9.17) is 49.7 Å². The number of nitrogens with one attached hydrogen (secondary N) is 1. The Hall–Kier alpha value is -5.04. The first-order valence-electron chi connectivity index (χ1n) is 18.1. The number of hydrogen-bond acceptors (Lipinski definition) is 14. The molecular formula is C38H44N4O13. The van der Waals surface area contributed by atoms with Crippen molar-refractivity contribution in [3.8, 4) is 28.7 Å². The molecule has 0 unspecified atom stereocenters. The van der Waals surface area contributed by atoms with E-state index in [0.29, 0.717) is 29.5 Å². The fraction of sp³-hybridized carbons (Fsp3) is 0.474. The third kappa shape index (κ3) is 6.39. The van der Waals surface area contributed by atoms with E-state index in [1.54, 1.807) is 26.4 Å². The number of aliphatic hydroxyl groups excluding tert-OH is 3. The Morgan fingerprint density at radius 3 is 2.51 bits per heavy atom. The van der Waals surface area contributed by atoms with Gasteiger partial charge in [-0.25, -0.2) is 0 Å². The van der Waals surface area contributed by atoms with Crippen LogP contribution in [0.5, 0.6) is 28.7 Å². The third-order valence-corrected chi connectivity index (χ3v) is 11.1. The Bertz CT molecular complexity index is 2060. The molecule has 2 aromatic heterocycles. The molecule has 0 amide bonds. The fourth-order valence-electron chi connectivity index (χ4n) is 8.70.